The lowest BCUT2D eigenvalue weighted by Crippen LogP contribution is -2.36. The van der Waals surface area contributed by atoms with Gasteiger partial charge in [-0.25, -0.2) is 4.79 Å². The Balaban J connectivity index is 2.13. The van der Waals surface area contributed by atoms with Crippen molar-refractivity contribution in [2.24, 2.45) is 5.92 Å². The van der Waals surface area contributed by atoms with Crippen LogP contribution in [0.25, 0.3) is 0 Å². The number of amides is 1. The second-order valence-electron chi connectivity index (χ2n) is 7.23. The maximum absolute atomic E-state index is 12.8. The number of carbonyl (C=O) groups is 2. The molecule has 0 radical (unpaired) electrons. The Morgan fingerprint density at radius 3 is 2.26 bits per heavy atom. The van der Waals surface area contributed by atoms with Gasteiger partial charge in [0.2, 0.25) is 0 Å². The van der Waals surface area contributed by atoms with Gasteiger partial charge in [0, 0.05) is 5.69 Å². The predicted octanol–water partition coefficient (Wildman–Crippen LogP) is 4.70. The van der Waals surface area contributed by atoms with Gasteiger partial charge in [-0.15, -0.1) is 0 Å². The van der Waals surface area contributed by atoms with Gasteiger partial charge < -0.3 is 24.3 Å². The molecule has 1 atom stereocenters. The molecule has 0 aliphatic carbocycles. The van der Waals surface area contributed by atoms with Gasteiger partial charge >= 0.3 is 5.97 Å². The molecule has 0 heterocycles. The van der Waals surface area contributed by atoms with Crippen molar-refractivity contribution in [3.05, 3.63) is 48.0 Å². The molecule has 0 aliphatic heterocycles. The first kappa shape index (κ1) is 24.1. The predicted molar refractivity (Wildman–Crippen MR) is 119 cm³/mol. The van der Waals surface area contributed by atoms with E-state index in [0.717, 1.165) is 6.42 Å². The Hall–Kier alpha value is -3.22. The maximum atomic E-state index is 12.8. The Bertz CT molecular complexity index is 863. The van der Waals surface area contributed by atoms with Gasteiger partial charge in [0.05, 0.1) is 25.9 Å². The molecule has 0 bridgehead atoms. The maximum Gasteiger partial charge on any atom is 0.339 e. The highest BCUT2D eigenvalue weighted by Gasteiger charge is 2.27. The number of nitrogens with one attached hydrogen (secondary N) is 1. The molecule has 7 heteroatoms. The van der Waals surface area contributed by atoms with Crippen molar-refractivity contribution < 1.29 is 28.5 Å². The van der Waals surface area contributed by atoms with Crippen LogP contribution in [-0.4, -0.2) is 38.3 Å². The van der Waals surface area contributed by atoms with Gasteiger partial charge in [0.1, 0.15) is 5.75 Å². The van der Waals surface area contributed by atoms with E-state index in [1.54, 1.807) is 49.6 Å². The first-order chi connectivity index (χ1) is 14.9. The minimum atomic E-state index is -0.957. The molecule has 0 fully saturated rings. The van der Waals surface area contributed by atoms with Crippen LogP contribution in [-0.2, 0) is 9.53 Å². The molecule has 0 spiro atoms. The fourth-order valence-corrected chi connectivity index (χ4v) is 2.80. The second kappa shape index (κ2) is 11.8. The van der Waals surface area contributed by atoms with Crippen molar-refractivity contribution in [1.29, 1.82) is 0 Å². The molecule has 31 heavy (non-hydrogen) atoms. The van der Waals surface area contributed by atoms with Gasteiger partial charge in [0.15, 0.2) is 17.6 Å². The van der Waals surface area contributed by atoms with Crippen LogP contribution in [0.3, 0.4) is 0 Å². The van der Waals surface area contributed by atoms with Crippen molar-refractivity contribution in [2.75, 3.05) is 25.6 Å². The number of esters is 1. The molecule has 0 saturated carbocycles. The number of rotatable bonds is 11. The van der Waals surface area contributed by atoms with Crippen LogP contribution in [0.5, 0.6) is 17.2 Å². The largest absolute Gasteiger partial charge is 0.497 e. The summed E-state index contributed by atoms with van der Waals surface area (Å²) >= 11 is 0. The van der Waals surface area contributed by atoms with Crippen molar-refractivity contribution in [3.63, 3.8) is 0 Å². The minimum absolute atomic E-state index is 0.222. The van der Waals surface area contributed by atoms with Crippen LogP contribution in [0, 0.1) is 5.92 Å². The molecule has 2 rings (SSSR count). The Labute approximate surface area is 183 Å². The molecule has 2 aromatic carbocycles. The minimum Gasteiger partial charge on any atom is -0.497 e. The van der Waals surface area contributed by atoms with Crippen molar-refractivity contribution in [1.82, 2.24) is 0 Å². The molecular weight excluding hydrogens is 398 g/mol. The summed E-state index contributed by atoms with van der Waals surface area (Å²) in [6.07, 6.45) is -0.101. The summed E-state index contributed by atoms with van der Waals surface area (Å²) in [5.41, 5.74) is 0.874. The third-order valence-corrected chi connectivity index (χ3v) is 4.40. The highest BCUT2D eigenvalue weighted by atomic mass is 16.5. The van der Waals surface area contributed by atoms with Crippen LogP contribution in [0.4, 0.5) is 5.69 Å². The summed E-state index contributed by atoms with van der Waals surface area (Å²) in [4.78, 5) is 25.5. The van der Waals surface area contributed by atoms with E-state index in [0.29, 0.717) is 36.1 Å². The van der Waals surface area contributed by atoms with Gasteiger partial charge in [-0.05, 0) is 61.7 Å². The molecular formula is C24H31NO6. The van der Waals surface area contributed by atoms with Crippen LogP contribution >= 0.6 is 0 Å². The molecule has 168 valence electrons. The quantitative estimate of drug-likeness (QED) is 0.521. The van der Waals surface area contributed by atoms with Crippen LogP contribution < -0.4 is 19.5 Å². The third-order valence-electron chi connectivity index (χ3n) is 4.40. The number of ether oxygens (including phenoxy) is 4. The number of hydrogen-bond donors (Lipinski definition) is 1. The lowest BCUT2D eigenvalue weighted by molar-refractivity contribution is -0.126. The molecule has 7 nitrogen and oxygen atoms in total. The summed E-state index contributed by atoms with van der Waals surface area (Å²) in [6.45, 7) is 8.48. The van der Waals surface area contributed by atoms with E-state index in [-0.39, 0.29) is 11.5 Å². The van der Waals surface area contributed by atoms with E-state index in [4.69, 9.17) is 18.9 Å². The molecule has 2 aromatic rings. The number of benzene rings is 2. The van der Waals surface area contributed by atoms with Crippen LogP contribution in [0.15, 0.2) is 42.5 Å². The molecule has 0 aliphatic rings. The number of hydrogen-bond acceptors (Lipinski definition) is 6. The summed E-state index contributed by atoms with van der Waals surface area (Å²) in [6, 6.07) is 11.8. The lowest BCUT2D eigenvalue weighted by Gasteiger charge is -2.21. The van der Waals surface area contributed by atoms with Crippen LogP contribution in [0.2, 0.25) is 0 Å². The Morgan fingerprint density at radius 2 is 1.68 bits per heavy atom. The van der Waals surface area contributed by atoms with Gasteiger partial charge in [-0.3, -0.25) is 4.79 Å². The van der Waals surface area contributed by atoms with Gasteiger partial charge in [-0.2, -0.15) is 0 Å². The van der Waals surface area contributed by atoms with Gasteiger partial charge in [0.25, 0.3) is 5.91 Å². The van der Waals surface area contributed by atoms with Crippen molar-refractivity contribution in [3.8, 4) is 17.2 Å². The number of methoxy groups -OCH3 is 1. The second-order valence-corrected chi connectivity index (χ2v) is 7.23. The van der Waals surface area contributed by atoms with E-state index in [2.05, 4.69) is 5.32 Å². The average molecular weight is 430 g/mol. The highest BCUT2D eigenvalue weighted by Crippen LogP contribution is 2.29. The zero-order chi connectivity index (χ0) is 22.8. The molecule has 0 aromatic heterocycles. The smallest absolute Gasteiger partial charge is 0.339 e. The molecule has 1 amide bonds. The molecule has 1 unspecified atom stereocenters. The SMILES string of the molecule is CCCOc1ccc(C(=O)OC(C(=O)Nc2ccc(OC)cc2)C(C)C)cc1OCC. The summed E-state index contributed by atoms with van der Waals surface area (Å²) in [7, 11) is 1.57. The monoisotopic (exact) mass is 429 g/mol. The zero-order valence-corrected chi connectivity index (χ0v) is 18.8. The van der Waals surface area contributed by atoms with E-state index in [1.807, 2.05) is 27.7 Å². The summed E-state index contributed by atoms with van der Waals surface area (Å²) in [5, 5.41) is 2.78. The number of anilines is 1. The molecule has 0 saturated heterocycles. The zero-order valence-electron chi connectivity index (χ0n) is 18.8. The van der Waals surface area contributed by atoms with Crippen LogP contribution in [0.1, 0.15) is 44.5 Å². The highest BCUT2D eigenvalue weighted by molar-refractivity contribution is 5.98. The standard InChI is InChI=1S/C24H31NO6/c1-6-14-30-20-13-8-17(15-21(20)29-7-2)24(27)31-22(16(3)4)23(26)25-18-9-11-19(28-5)12-10-18/h8-13,15-16,22H,6-7,14H2,1-5H3,(H,25,26). The Kier molecular flexibility index (Phi) is 9.18. The first-order valence-electron chi connectivity index (χ1n) is 10.4. The average Bonchev–Trinajstić information content (AvgIpc) is 2.76. The fraction of sp³-hybridized carbons (Fsp3) is 0.417. The third kappa shape index (κ3) is 6.91. The van der Waals surface area contributed by atoms with Crippen molar-refractivity contribution >= 4 is 17.6 Å². The van der Waals surface area contributed by atoms with E-state index < -0.39 is 18.0 Å². The fourth-order valence-electron chi connectivity index (χ4n) is 2.80. The van der Waals surface area contributed by atoms with E-state index >= 15 is 0 Å². The number of carbonyl (C=O) groups excluding carboxylic acids is 2. The van der Waals surface area contributed by atoms with Crippen molar-refractivity contribution in [2.45, 2.75) is 40.2 Å². The van der Waals surface area contributed by atoms with E-state index in [9.17, 15) is 9.59 Å². The Morgan fingerprint density at radius 1 is 0.968 bits per heavy atom. The summed E-state index contributed by atoms with van der Waals surface area (Å²) in [5.74, 6) is 0.488. The lowest BCUT2D eigenvalue weighted by atomic mass is 10.1. The normalized spacial score (nSPS) is 11.5. The summed E-state index contributed by atoms with van der Waals surface area (Å²) < 4.78 is 21.9. The van der Waals surface area contributed by atoms with E-state index in [1.165, 1.54) is 0 Å². The first-order valence-corrected chi connectivity index (χ1v) is 10.4. The molecule has 1 N–H and O–H groups in total. The van der Waals surface area contributed by atoms with Gasteiger partial charge in [-0.1, -0.05) is 20.8 Å². The topological polar surface area (TPSA) is 83.1 Å².